The van der Waals surface area contributed by atoms with Crippen LogP contribution < -0.4 is 11.1 Å². The fourth-order valence-electron chi connectivity index (χ4n) is 2.00. The highest BCUT2D eigenvalue weighted by atomic mass is 19.1. The molecule has 0 radical (unpaired) electrons. The quantitative estimate of drug-likeness (QED) is 0.858. The summed E-state index contributed by atoms with van der Waals surface area (Å²) in [5.74, 6) is -0.681. The molecule has 1 heterocycles. The molecule has 1 aromatic carbocycles. The fourth-order valence-corrected chi connectivity index (χ4v) is 2.00. The van der Waals surface area contributed by atoms with E-state index in [9.17, 15) is 9.18 Å². The Morgan fingerprint density at radius 1 is 1.56 bits per heavy atom. The summed E-state index contributed by atoms with van der Waals surface area (Å²) in [5, 5.41) is 2.55. The number of ether oxygens (including phenoxy) is 1. The number of benzene rings is 1. The van der Waals surface area contributed by atoms with Gasteiger partial charge < -0.3 is 15.8 Å². The molecule has 3 N–H and O–H groups in total. The molecule has 1 aliphatic heterocycles. The molecule has 4 nitrogen and oxygen atoms in total. The van der Waals surface area contributed by atoms with Crippen LogP contribution in [0.1, 0.15) is 24.8 Å². The van der Waals surface area contributed by atoms with Gasteiger partial charge in [0.05, 0.1) is 18.2 Å². The van der Waals surface area contributed by atoms with Gasteiger partial charge in [-0.25, -0.2) is 4.39 Å². The normalized spacial score (nSPS) is 18.9. The van der Waals surface area contributed by atoms with Gasteiger partial charge in [0.25, 0.3) is 0 Å². The molecule has 1 aromatic rings. The van der Waals surface area contributed by atoms with Gasteiger partial charge in [0, 0.05) is 13.2 Å². The highest BCUT2D eigenvalue weighted by Crippen LogP contribution is 2.18. The number of hydrogen-bond acceptors (Lipinski definition) is 3. The maximum absolute atomic E-state index is 13.6. The Balaban J connectivity index is 1.93. The van der Waals surface area contributed by atoms with Gasteiger partial charge in [-0.3, -0.25) is 4.79 Å². The fraction of sp³-hybridized carbons (Fsp3) is 0.462. The minimum atomic E-state index is -0.460. The van der Waals surface area contributed by atoms with Gasteiger partial charge in [0.15, 0.2) is 0 Å². The summed E-state index contributed by atoms with van der Waals surface area (Å²) in [6, 6.07) is 4.57. The Morgan fingerprint density at radius 3 is 3.00 bits per heavy atom. The third-order valence-corrected chi connectivity index (χ3v) is 2.98. The molecule has 2 rings (SSSR count). The Morgan fingerprint density at radius 2 is 2.39 bits per heavy atom. The van der Waals surface area contributed by atoms with E-state index in [2.05, 4.69) is 5.32 Å². The summed E-state index contributed by atoms with van der Waals surface area (Å²) < 4.78 is 19.0. The van der Waals surface area contributed by atoms with Crippen LogP contribution in [0, 0.1) is 5.82 Å². The van der Waals surface area contributed by atoms with E-state index < -0.39 is 5.82 Å². The van der Waals surface area contributed by atoms with Gasteiger partial charge in [-0.05, 0) is 30.5 Å². The van der Waals surface area contributed by atoms with Crippen molar-refractivity contribution < 1.29 is 13.9 Å². The minimum Gasteiger partial charge on any atom is -0.378 e. The molecule has 0 aliphatic carbocycles. The zero-order chi connectivity index (χ0) is 13.0. The van der Waals surface area contributed by atoms with Crippen molar-refractivity contribution in [2.45, 2.75) is 31.9 Å². The molecular weight excluding hydrogens is 235 g/mol. The first-order valence-electron chi connectivity index (χ1n) is 6.09. The van der Waals surface area contributed by atoms with Crippen molar-refractivity contribution in [2.24, 2.45) is 5.73 Å². The van der Waals surface area contributed by atoms with E-state index in [1.165, 1.54) is 12.1 Å². The van der Waals surface area contributed by atoms with Gasteiger partial charge in [-0.2, -0.15) is 0 Å². The van der Waals surface area contributed by atoms with Crippen molar-refractivity contribution >= 4 is 11.6 Å². The van der Waals surface area contributed by atoms with Crippen LogP contribution in [-0.2, 0) is 16.1 Å². The lowest BCUT2D eigenvalue weighted by Gasteiger charge is -2.10. The van der Waals surface area contributed by atoms with Crippen molar-refractivity contribution in [3.05, 3.63) is 29.6 Å². The van der Waals surface area contributed by atoms with Gasteiger partial charge in [0.1, 0.15) is 5.82 Å². The summed E-state index contributed by atoms with van der Waals surface area (Å²) in [6.45, 7) is 0.985. The lowest BCUT2D eigenvalue weighted by atomic mass is 10.1. The number of amides is 1. The smallest absolute Gasteiger partial charge is 0.227 e. The predicted molar refractivity (Wildman–Crippen MR) is 66.5 cm³/mol. The van der Waals surface area contributed by atoms with Crippen LogP contribution in [0.2, 0.25) is 0 Å². The lowest BCUT2D eigenvalue weighted by Crippen LogP contribution is -2.19. The van der Waals surface area contributed by atoms with Crippen LogP contribution in [0.3, 0.4) is 0 Å². The Labute approximate surface area is 105 Å². The van der Waals surface area contributed by atoms with Crippen molar-refractivity contribution in [3.8, 4) is 0 Å². The summed E-state index contributed by atoms with van der Waals surface area (Å²) in [6.07, 6.45) is 2.12. The molecular formula is C13H17FN2O2. The molecule has 1 unspecified atom stereocenters. The molecule has 18 heavy (non-hydrogen) atoms. The minimum absolute atomic E-state index is 0.0311. The average molecular weight is 252 g/mol. The second-order valence-electron chi connectivity index (χ2n) is 4.41. The number of rotatable bonds is 4. The highest BCUT2D eigenvalue weighted by molar-refractivity contribution is 5.91. The third-order valence-electron chi connectivity index (χ3n) is 2.98. The number of hydrogen-bond donors (Lipinski definition) is 2. The standard InChI is InChI=1S/C13H17FN2O2/c14-11-6-9(8-15)3-4-12(11)16-13(17)7-10-2-1-5-18-10/h3-4,6,10H,1-2,5,7-8,15H2,(H,16,17). The Kier molecular flexibility index (Phi) is 4.28. The van der Waals surface area contributed by atoms with Gasteiger partial charge in [0.2, 0.25) is 5.91 Å². The second kappa shape index (κ2) is 5.93. The van der Waals surface area contributed by atoms with E-state index in [1.807, 2.05) is 0 Å². The first-order valence-corrected chi connectivity index (χ1v) is 6.09. The maximum atomic E-state index is 13.6. The molecule has 1 atom stereocenters. The molecule has 0 bridgehead atoms. The maximum Gasteiger partial charge on any atom is 0.227 e. The zero-order valence-corrected chi connectivity index (χ0v) is 10.1. The van der Waals surface area contributed by atoms with Crippen LogP contribution in [0.5, 0.6) is 0 Å². The Bertz CT molecular complexity index is 431. The molecule has 5 heteroatoms. The average Bonchev–Trinajstić information content (AvgIpc) is 2.84. The summed E-state index contributed by atoms with van der Waals surface area (Å²) in [5.41, 5.74) is 6.30. The van der Waals surface area contributed by atoms with Crippen LogP contribution in [0.25, 0.3) is 0 Å². The van der Waals surface area contributed by atoms with Crippen molar-refractivity contribution in [2.75, 3.05) is 11.9 Å². The van der Waals surface area contributed by atoms with Crippen molar-refractivity contribution in [3.63, 3.8) is 0 Å². The molecule has 0 aromatic heterocycles. The number of halogens is 1. The second-order valence-corrected chi connectivity index (χ2v) is 4.41. The van der Waals surface area contributed by atoms with Crippen molar-refractivity contribution in [1.29, 1.82) is 0 Å². The monoisotopic (exact) mass is 252 g/mol. The topological polar surface area (TPSA) is 64.3 Å². The molecule has 0 spiro atoms. The van der Waals surface area contributed by atoms with Crippen LogP contribution in [-0.4, -0.2) is 18.6 Å². The van der Waals surface area contributed by atoms with Gasteiger partial charge in [-0.1, -0.05) is 6.07 Å². The van der Waals surface area contributed by atoms with Crippen LogP contribution in [0.15, 0.2) is 18.2 Å². The predicted octanol–water partition coefficient (Wildman–Crippen LogP) is 1.79. The first-order chi connectivity index (χ1) is 8.69. The molecule has 1 amide bonds. The van der Waals surface area contributed by atoms with Gasteiger partial charge in [-0.15, -0.1) is 0 Å². The zero-order valence-electron chi connectivity index (χ0n) is 10.1. The SMILES string of the molecule is NCc1ccc(NC(=O)CC2CCCO2)c(F)c1. The summed E-state index contributed by atoms with van der Waals surface area (Å²) in [4.78, 5) is 11.7. The number of anilines is 1. The number of nitrogens with two attached hydrogens (primary N) is 1. The molecule has 1 fully saturated rings. The van der Waals surface area contributed by atoms with Crippen LogP contribution >= 0.6 is 0 Å². The number of nitrogens with one attached hydrogen (secondary N) is 1. The number of carbonyl (C=O) groups excluding carboxylic acids is 1. The largest absolute Gasteiger partial charge is 0.378 e. The lowest BCUT2D eigenvalue weighted by molar-refractivity contribution is -0.118. The van der Waals surface area contributed by atoms with Crippen molar-refractivity contribution in [1.82, 2.24) is 0 Å². The van der Waals surface area contributed by atoms with E-state index in [0.29, 0.717) is 12.2 Å². The summed E-state index contributed by atoms with van der Waals surface area (Å²) >= 11 is 0. The van der Waals surface area contributed by atoms with Gasteiger partial charge >= 0.3 is 0 Å². The molecule has 1 aliphatic rings. The van der Waals surface area contributed by atoms with Crippen LogP contribution in [0.4, 0.5) is 10.1 Å². The van der Waals surface area contributed by atoms with E-state index in [-0.39, 0.29) is 30.7 Å². The highest BCUT2D eigenvalue weighted by Gasteiger charge is 2.19. The number of carbonyl (C=O) groups is 1. The summed E-state index contributed by atoms with van der Waals surface area (Å²) in [7, 11) is 0. The van der Waals surface area contributed by atoms with E-state index in [1.54, 1.807) is 6.07 Å². The Hall–Kier alpha value is -1.46. The molecule has 1 saturated heterocycles. The van der Waals surface area contributed by atoms with E-state index >= 15 is 0 Å². The first kappa shape index (κ1) is 13.0. The molecule has 0 saturated carbocycles. The molecule has 98 valence electrons. The van der Waals surface area contributed by atoms with E-state index in [0.717, 1.165) is 12.8 Å². The van der Waals surface area contributed by atoms with E-state index in [4.69, 9.17) is 10.5 Å². The third kappa shape index (κ3) is 3.27.